The van der Waals surface area contributed by atoms with E-state index in [1.807, 2.05) is 30.7 Å². The maximum absolute atomic E-state index is 5.55. The predicted octanol–water partition coefficient (Wildman–Crippen LogP) is 1.02. The van der Waals surface area contributed by atoms with Crippen molar-refractivity contribution in [2.45, 2.75) is 13.0 Å². The lowest BCUT2D eigenvalue weighted by Gasteiger charge is -2.14. The van der Waals surface area contributed by atoms with E-state index < -0.39 is 0 Å². The second-order valence-electron chi connectivity index (χ2n) is 3.96. The zero-order valence-electron chi connectivity index (χ0n) is 10.2. The van der Waals surface area contributed by atoms with E-state index >= 15 is 0 Å². The van der Waals surface area contributed by atoms with Crippen molar-refractivity contribution in [3.63, 3.8) is 0 Å². The molecule has 94 valence electrons. The Kier molecular flexibility index (Phi) is 3.52. The summed E-state index contributed by atoms with van der Waals surface area (Å²) in [5, 5.41) is 11.2. The number of aromatic nitrogens is 4. The fraction of sp³-hybridized carbons (Fsp3) is 0.273. The molecular formula is C11H14N6S. The quantitative estimate of drug-likeness (QED) is 0.801. The van der Waals surface area contributed by atoms with E-state index in [2.05, 4.69) is 20.5 Å². The smallest absolute Gasteiger partial charge is 0.154 e. The van der Waals surface area contributed by atoms with Gasteiger partial charge in [0.2, 0.25) is 0 Å². The van der Waals surface area contributed by atoms with Gasteiger partial charge in [-0.25, -0.2) is 0 Å². The number of thiocarbonyl (C=S) groups is 1. The van der Waals surface area contributed by atoms with Gasteiger partial charge >= 0.3 is 0 Å². The summed E-state index contributed by atoms with van der Waals surface area (Å²) in [7, 11) is 1.90. The van der Waals surface area contributed by atoms with Crippen LogP contribution in [0.15, 0.2) is 24.7 Å². The number of nitrogens with zero attached hydrogens (tertiary/aromatic N) is 4. The molecule has 0 radical (unpaired) electrons. The molecule has 6 nitrogen and oxygen atoms in total. The van der Waals surface area contributed by atoms with Crippen molar-refractivity contribution in [3.8, 4) is 0 Å². The topological polar surface area (TPSA) is 81.7 Å². The number of rotatable bonds is 4. The summed E-state index contributed by atoms with van der Waals surface area (Å²) in [4.78, 5) is 4.37. The molecule has 0 spiro atoms. The third-order valence-corrected chi connectivity index (χ3v) is 2.74. The average molecular weight is 262 g/mol. The molecule has 18 heavy (non-hydrogen) atoms. The predicted molar refractivity (Wildman–Crippen MR) is 73.2 cm³/mol. The molecule has 0 aliphatic rings. The maximum Gasteiger partial charge on any atom is 0.154 e. The van der Waals surface area contributed by atoms with Gasteiger partial charge in [0.25, 0.3) is 0 Å². The van der Waals surface area contributed by atoms with Crippen LogP contribution in [0, 0.1) is 0 Å². The molecule has 1 atom stereocenters. The van der Waals surface area contributed by atoms with Crippen molar-refractivity contribution in [2.24, 2.45) is 12.8 Å². The van der Waals surface area contributed by atoms with Crippen LogP contribution in [0.3, 0.4) is 0 Å². The Morgan fingerprint density at radius 2 is 2.33 bits per heavy atom. The van der Waals surface area contributed by atoms with Crippen molar-refractivity contribution in [1.29, 1.82) is 0 Å². The molecule has 0 aliphatic carbocycles. The van der Waals surface area contributed by atoms with Gasteiger partial charge in [-0.3, -0.25) is 4.98 Å². The Bertz CT molecular complexity index is 564. The molecule has 0 bridgehead atoms. The molecule has 2 aromatic rings. The summed E-state index contributed by atoms with van der Waals surface area (Å²) in [6, 6.07) is 3.70. The van der Waals surface area contributed by atoms with Crippen molar-refractivity contribution in [2.75, 3.05) is 5.32 Å². The Morgan fingerprint density at radius 1 is 1.56 bits per heavy atom. The minimum absolute atomic E-state index is 0.0269. The molecule has 3 N–H and O–H groups in total. The summed E-state index contributed by atoms with van der Waals surface area (Å²) in [5.41, 5.74) is 7.04. The fourth-order valence-corrected chi connectivity index (χ4v) is 1.77. The van der Waals surface area contributed by atoms with Crippen molar-refractivity contribution in [1.82, 2.24) is 19.7 Å². The van der Waals surface area contributed by atoms with E-state index in [9.17, 15) is 0 Å². The lowest BCUT2D eigenvalue weighted by molar-refractivity contribution is 0.719. The Labute approximate surface area is 110 Å². The fourth-order valence-electron chi connectivity index (χ4n) is 1.65. The third kappa shape index (κ3) is 2.62. The van der Waals surface area contributed by atoms with Crippen LogP contribution < -0.4 is 11.1 Å². The van der Waals surface area contributed by atoms with Gasteiger partial charge in [-0.05, 0) is 19.1 Å². The minimum atomic E-state index is 0.0269. The monoisotopic (exact) mass is 262 g/mol. The number of hydrogen-bond donors (Lipinski definition) is 2. The van der Waals surface area contributed by atoms with Gasteiger partial charge in [0, 0.05) is 18.9 Å². The van der Waals surface area contributed by atoms with E-state index in [1.165, 1.54) is 0 Å². The van der Waals surface area contributed by atoms with Crippen LogP contribution in [0.4, 0.5) is 5.69 Å². The van der Waals surface area contributed by atoms with Gasteiger partial charge in [0.1, 0.15) is 11.3 Å². The Morgan fingerprint density at radius 3 is 2.94 bits per heavy atom. The van der Waals surface area contributed by atoms with E-state index in [4.69, 9.17) is 18.0 Å². The molecule has 0 saturated carbocycles. The van der Waals surface area contributed by atoms with E-state index in [1.54, 1.807) is 12.5 Å². The minimum Gasteiger partial charge on any atom is -0.388 e. The molecule has 1 unspecified atom stereocenters. The van der Waals surface area contributed by atoms with Crippen LogP contribution in [-0.4, -0.2) is 24.7 Å². The highest BCUT2D eigenvalue weighted by Gasteiger charge is 2.11. The number of anilines is 1. The number of nitrogens with one attached hydrogen (secondary N) is 1. The highest BCUT2D eigenvalue weighted by atomic mass is 32.1. The molecule has 0 aliphatic heterocycles. The van der Waals surface area contributed by atoms with Gasteiger partial charge in [0.15, 0.2) is 5.82 Å². The molecule has 0 amide bonds. The molecule has 0 fully saturated rings. The average Bonchev–Trinajstić information content (AvgIpc) is 2.76. The van der Waals surface area contributed by atoms with Crippen molar-refractivity contribution in [3.05, 3.63) is 36.2 Å². The summed E-state index contributed by atoms with van der Waals surface area (Å²) in [6.07, 6.45) is 3.33. The van der Waals surface area contributed by atoms with Crippen LogP contribution in [0.2, 0.25) is 0 Å². The SMILES string of the molecule is CC(Nc1ccnc(C(N)=S)c1)c1nncn1C. The van der Waals surface area contributed by atoms with Gasteiger partial charge in [-0.2, -0.15) is 0 Å². The molecule has 2 rings (SSSR count). The van der Waals surface area contributed by atoms with Crippen LogP contribution in [-0.2, 0) is 7.05 Å². The van der Waals surface area contributed by atoms with Gasteiger partial charge < -0.3 is 15.6 Å². The van der Waals surface area contributed by atoms with Crippen LogP contribution in [0.25, 0.3) is 0 Å². The van der Waals surface area contributed by atoms with Crippen LogP contribution in [0.1, 0.15) is 24.5 Å². The van der Waals surface area contributed by atoms with E-state index in [-0.39, 0.29) is 11.0 Å². The first-order valence-corrected chi connectivity index (χ1v) is 5.85. The zero-order chi connectivity index (χ0) is 13.1. The molecule has 0 saturated heterocycles. The third-order valence-electron chi connectivity index (χ3n) is 2.53. The number of hydrogen-bond acceptors (Lipinski definition) is 5. The molecule has 0 aromatic carbocycles. The first kappa shape index (κ1) is 12.4. The molecular weight excluding hydrogens is 248 g/mol. The summed E-state index contributed by atoms with van der Waals surface area (Å²) in [5.74, 6) is 0.851. The maximum atomic E-state index is 5.55. The summed E-state index contributed by atoms with van der Waals surface area (Å²) in [6.45, 7) is 2.00. The summed E-state index contributed by atoms with van der Waals surface area (Å²) >= 11 is 4.90. The van der Waals surface area contributed by atoms with E-state index in [0.717, 1.165) is 11.5 Å². The van der Waals surface area contributed by atoms with Crippen LogP contribution >= 0.6 is 12.2 Å². The first-order chi connectivity index (χ1) is 8.58. The van der Waals surface area contributed by atoms with Crippen LogP contribution in [0.5, 0.6) is 0 Å². The Balaban J connectivity index is 2.17. The van der Waals surface area contributed by atoms with Crippen molar-refractivity contribution >= 4 is 22.9 Å². The van der Waals surface area contributed by atoms with Gasteiger partial charge in [-0.1, -0.05) is 12.2 Å². The zero-order valence-corrected chi connectivity index (χ0v) is 11.0. The number of pyridine rings is 1. The second-order valence-corrected chi connectivity index (χ2v) is 4.40. The highest BCUT2D eigenvalue weighted by Crippen LogP contribution is 2.17. The molecule has 7 heteroatoms. The highest BCUT2D eigenvalue weighted by molar-refractivity contribution is 7.80. The van der Waals surface area contributed by atoms with E-state index in [0.29, 0.717) is 5.69 Å². The molecule has 2 heterocycles. The molecule has 2 aromatic heterocycles. The lowest BCUT2D eigenvalue weighted by atomic mass is 10.2. The van der Waals surface area contributed by atoms with Gasteiger partial charge in [0.05, 0.1) is 11.7 Å². The Hall–Kier alpha value is -2.02. The largest absolute Gasteiger partial charge is 0.388 e. The second kappa shape index (κ2) is 5.09. The number of nitrogens with two attached hydrogens (primary N) is 1. The van der Waals surface area contributed by atoms with Gasteiger partial charge in [-0.15, -0.1) is 10.2 Å². The number of aryl methyl sites for hydroxylation is 1. The van der Waals surface area contributed by atoms with Crippen molar-refractivity contribution < 1.29 is 0 Å². The standard InChI is InChI=1S/C11H14N6S/c1-7(11-16-14-6-17(11)2)15-8-3-4-13-9(5-8)10(12)18/h3-7H,1-2H3,(H2,12,18)(H,13,15). The lowest BCUT2D eigenvalue weighted by Crippen LogP contribution is -2.14. The normalized spacial score (nSPS) is 12.1. The summed E-state index contributed by atoms with van der Waals surface area (Å²) < 4.78 is 1.87. The first-order valence-electron chi connectivity index (χ1n) is 5.44.